The monoisotopic (exact) mass is 421 g/mol. The van der Waals surface area contributed by atoms with Crippen molar-refractivity contribution in [3.05, 3.63) is 65.0 Å². The minimum absolute atomic E-state index is 0.0652. The lowest BCUT2D eigenvalue weighted by atomic mass is 10.2. The van der Waals surface area contributed by atoms with Crippen molar-refractivity contribution in [2.24, 2.45) is 0 Å². The van der Waals surface area contributed by atoms with E-state index in [0.717, 1.165) is 0 Å². The van der Waals surface area contributed by atoms with Crippen molar-refractivity contribution in [3.63, 3.8) is 0 Å². The molecule has 146 valence electrons. The van der Waals surface area contributed by atoms with Crippen molar-refractivity contribution >= 4 is 27.6 Å². The second-order valence-corrected chi connectivity index (χ2v) is 7.81. The first-order valence-corrected chi connectivity index (χ1v) is 10.1. The molecule has 2 aromatic carbocycles. The van der Waals surface area contributed by atoms with Gasteiger partial charge >= 0.3 is 5.97 Å². The van der Waals surface area contributed by atoms with Crippen molar-refractivity contribution in [2.45, 2.75) is 18.4 Å². The molecule has 0 radical (unpaired) electrons. The van der Waals surface area contributed by atoms with Crippen LogP contribution in [-0.2, 0) is 21.4 Å². The Morgan fingerprint density at radius 2 is 1.79 bits per heavy atom. The number of nitrogens with zero attached hydrogens (tertiary/aromatic N) is 2. The number of carbonyl (C=O) groups is 1. The van der Waals surface area contributed by atoms with E-state index in [9.17, 15) is 13.2 Å². The van der Waals surface area contributed by atoms with Crippen molar-refractivity contribution in [3.8, 4) is 11.5 Å². The van der Waals surface area contributed by atoms with Crippen LogP contribution in [0.15, 0.2) is 57.8 Å². The molecule has 0 amide bonds. The van der Waals surface area contributed by atoms with E-state index >= 15 is 0 Å². The van der Waals surface area contributed by atoms with E-state index in [1.807, 2.05) is 0 Å². The number of nitrogens with one attached hydrogen (secondary N) is 1. The maximum Gasteiger partial charge on any atom is 0.338 e. The van der Waals surface area contributed by atoms with Crippen LogP contribution in [0.1, 0.15) is 23.2 Å². The van der Waals surface area contributed by atoms with E-state index in [1.165, 1.54) is 24.3 Å². The van der Waals surface area contributed by atoms with E-state index in [0.29, 0.717) is 10.6 Å². The molecule has 0 bridgehead atoms. The maximum absolute atomic E-state index is 12.1. The zero-order valence-electron chi connectivity index (χ0n) is 14.8. The number of rotatable bonds is 7. The number of ether oxygens (including phenoxy) is 1. The van der Waals surface area contributed by atoms with Crippen LogP contribution in [0, 0.1) is 0 Å². The number of carbonyl (C=O) groups excluding carboxylic acids is 1. The van der Waals surface area contributed by atoms with Crippen LogP contribution >= 0.6 is 11.6 Å². The van der Waals surface area contributed by atoms with Gasteiger partial charge in [0, 0.05) is 17.1 Å². The van der Waals surface area contributed by atoms with E-state index in [2.05, 4.69) is 14.9 Å². The zero-order chi connectivity index (χ0) is 20.1. The molecule has 0 fully saturated rings. The van der Waals surface area contributed by atoms with Gasteiger partial charge in [0.25, 0.3) is 5.89 Å². The molecule has 8 nitrogen and oxygen atoms in total. The zero-order valence-corrected chi connectivity index (χ0v) is 16.3. The Kier molecular flexibility index (Phi) is 6.08. The molecule has 0 aliphatic heterocycles. The van der Waals surface area contributed by atoms with E-state index in [4.69, 9.17) is 20.8 Å². The Morgan fingerprint density at radius 3 is 2.43 bits per heavy atom. The Bertz CT molecular complexity index is 1060. The topological polar surface area (TPSA) is 111 Å². The summed E-state index contributed by atoms with van der Waals surface area (Å²) in [7, 11) is -3.58. The van der Waals surface area contributed by atoms with Crippen LogP contribution in [-0.4, -0.2) is 31.1 Å². The molecule has 0 spiro atoms. The molecule has 0 aliphatic carbocycles. The highest BCUT2D eigenvalue weighted by atomic mass is 35.5. The second-order valence-electron chi connectivity index (χ2n) is 5.61. The molecule has 0 aliphatic rings. The van der Waals surface area contributed by atoms with E-state index in [1.54, 1.807) is 31.2 Å². The van der Waals surface area contributed by atoms with Gasteiger partial charge in [-0.15, -0.1) is 10.2 Å². The Balaban J connectivity index is 1.62. The number of esters is 1. The van der Waals surface area contributed by atoms with E-state index < -0.39 is 16.0 Å². The van der Waals surface area contributed by atoms with Gasteiger partial charge < -0.3 is 9.15 Å². The van der Waals surface area contributed by atoms with Crippen LogP contribution in [0.2, 0.25) is 5.02 Å². The van der Waals surface area contributed by atoms with Gasteiger partial charge in [0.15, 0.2) is 6.61 Å². The van der Waals surface area contributed by atoms with Crippen LogP contribution < -0.4 is 4.72 Å². The highest BCUT2D eigenvalue weighted by Crippen LogP contribution is 2.20. The molecular weight excluding hydrogens is 406 g/mol. The number of benzene rings is 2. The highest BCUT2D eigenvalue weighted by molar-refractivity contribution is 7.89. The Morgan fingerprint density at radius 1 is 1.11 bits per heavy atom. The number of hydrogen-bond donors (Lipinski definition) is 1. The quantitative estimate of drug-likeness (QED) is 0.583. The summed E-state index contributed by atoms with van der Waals surface area (Å²) in [4.78, 5) is 12.2. The van der Waals surface area contributed by atoms with Gasteiger partial charge in [-0.25, -0.2) is 17.9 Å². The van der Waals surface area contributed by atoms with Gasteiger partial charge in [-0.05, 0) is 48.5 Å². The summed E-state index contributed by atoms with van der Waals surface area (Å²) in [5, 5.41) is 8.32. The fourth-order valence-corrected chi connectivity index (χ4v) is 3.44. The van der Waals surface area contributed by atoms with Gasteiger partial charge in [0.2, 0.25) is 15.9 Å². The van der Waals surface area contributed by atoms with Gasteiger partial charge in [-0.1, -0.05) is 18.5 Å². The normalized spacial score (nSPS) is 11.4. The summed E-state index contributed by atoms with van der Waals surface area (Å²) >= 11 is 5.84. The second kappa shape index (κ2) is 8.51. The fraction of sp³-hybridized carbons (Fsp3) is 0.167. The Hall–Kier alpha value is -2.75. The molecule has 1 heterocycles. The molecule has 3 rings (SSSR count). The summed E-state index contributed by atoms with van der Waals surface area (Å²) in [6.45, 7) is 1.74. The summed E-state index contributed by atoms with van der Waals surface area (Å²) in [5.74, 6) is -0.232. The van der Waals surface area contributed by atoms with Crippen LogP contribution in [0.4, 0.5) is 0 Å². The van der Waals surface area contributed by atoms with Crippen molar-refractivity contribution in [1.29, 1.82) is 0 Å². The average Bonchev–Trinajstić information content (AvgIpc) is 3.16. The fourth-order valence-electron chi connectivity index (χ4n) is 2.28. The molecule has 10 heteroatoms. The molecule has 28 heavy (non-hydrogen) atoms. The lowest BCUT2D eigenvalue weighted by Gasteiger charge is -2.06. The molecule has 0 saturated heterocycles. The summed E-state index contributed by atoms with van der Waals surface area (Å²) in [6, 6.07) is 12.3. The average molecular weight is 422 g/mol. The maximum atomic E-state index is 12.1. The number of hydrogen-bond acceptors (Lipinski definition) is 7. The molecule has 0 unspecified atom stereocenters. The summed E-state index contributed by atoms with van der Waals surface area (Å²) in [5.41, 5.74) is 0.889. The third-order valence-electron chi connectivity index (χ3n) is 3.62. The SMILES string of the molecule is CCNS(=O)(=O)c1ccc(C(=O)OCc2nnc(-c3ccc(Cl)cc3)o2)cc1. The van der Waals surface area contributed by atoms with Gasteiger partial charge in [0.05, 0.1) is 10.5 Å². The van der Waals surface area contributed by atoms with Gasteiger partial charge in [-0.2, -0.15) is 0 Å². The molecular formula is C18H16ClN3O5S. The number of aromatic nitrogens is 2. The lowest BCUT2D eigenvalue weighted by Crippen LogP contribution is -2.23. The predicted molar refractivity (Wildman–Crippen MR) is 101 cm³/mol. The standard InChI is InChI=1S/C18H16ClN3O5S/c1-2-20-28(24,25)15-9-5-13(6-10-15)18(23)26-11-16-21-22-17(27-16)12-3-7-14(19)8-4-12/h3-10,20H,2,11H2,1H3. The first-order valence-electron chi connectivity index (χ1n) is 8.24. The molecule has 1 aromatic heterocycles. The smallest absolute Gasteiger partial charge is 0.338 e. The third kappa shape index (κ3) is 4.75. The highest BCUT2D eigenvalue weighted by Gasteiger charge is 2.15. The van der Waals surface area contributed by atoms with Crippen LogP contribution in [0.3, 0.4) is 0 Å². The van der Waals surface area contributed by atoms with E-state index in [-0.39, 0.29) is 35.4 Å². The summed E-state index contributed by atoms with van der Waals surface area (Å²) in [6.07, 6.45) is 0. The predicted octanol–water partition coefficient (Wildman–Crippen LogP) is 3.05. The molecule has 0 atom stereocenters. The number of halogens is 1. The van der Waals surface area contributed by atoms with Crippen molar-refractivity contribution in [2.75, 3.05) is 6.54 Å². The first-order chi connectivity index (χ1) is 13.4. The van der Waals surface area contributed by atoms with Crippen LogP contribution in [0.25, 0.3) is 11.5 Å². The van der Waals surface area contributed by atoms with Crippen molar-refractivity contribution < 1.29 is 22.4 Å². The third-order valence-corrected chi connectivity index (χ3v) is 5.43. The lowest BCUT2D eigenvalue weighted by molar-refractivity contribution is 0.0438. The first kappa shape index (κ1) is 20.0. The van der Waals surface area contributed by atoms with Gasteiger partial charge in [0.1, 0.15) is 0 Å². The molecule has 3 aromatic rings. The number of sulfonamides is 1. The Labute approximate surface area is 166 Å². The van der Waals surface area contributed by atoms with Gasteiger partial charge in [-0.3, -0.25) is 0 Å². The van der Waals surface area contributed by atoms with Crippen LogP contribution in [0.5, 0.6) is 0 Å². The molecule has 1 N–H and O–H groups in total. The molecule has 0 saturated carbocycles. The minimum atomic E-state index is -3.58. The van der Waals surface area contributed by atoms with Crippen molar-refractivity contribution in [1.82, 2.24) is 14.9 Å². The minimum Gasteiger partial charge on any atom is -0.452 e. The largest absolute Gasteiger partial charge is 0.452 e. The summed E-state index contributed by atoms with van der Waals surface area (Å²) < 4.78 is 36.8.